The molecule has 2 aromatic carbocycles. The normalized spacial score (nSPS) is 34.4. The van der Waals surface area contributed by atoms with Crippen LogP contribution in [0.3, 0.4) is 0 Å². The lowest BCUT2D eigenvalue weighted by atomic mass is 9.42. The summed E-state index contributed by atoms with van der Waals surface area (Å²) in [6.07, 6.45) is 4.96. The van der Waals surface area contributed by atoms with Crippen molar-refractivity contribution in [3.8, 4) is 11.1 Å². The number of benzene rings is 2. The minimum Gasteiger partial charge on any atom is -0.393 e. The fourth-order valence-corrected chi connectivity index (χ4v) is 6.96. The van der Waals surface area contributed by atoms with E-state index >= 15 is 0 Å². The Bertz CT molecular complexity index is 1000. The molecule has 6 heteroatoms. The minimum atomic E-state index is -0.217. The monoisotopic (exact) mass is 404 g/mol. The molecule has 4 aliphatic rings. The van der Waals surface area contributed by atoms with Gasteiger partial charge in [0.15, 0.2) is 5.82 Å². The van der Waals surface area contributed by atoms with E-state index in [0.29, 0.717) is 23.7 Å². The Balaban J connectivity index is 1.40. The van der Waals surface area contributed by atoms with Crippen LogP contribution in [0.15, 0.2) is 48.5 Å². The number of nitrogens with one attached hydrogen (secondary N) is 1. The van der Waals surface area contributed by atoms with Crippen LogP contribution in [0.5, 0.6) is 0 Å². The van der Waals surface area contributed by atoms with Crippen LogP contribution in [0.25, 0.3) is 11.1 Å². The molecule has 4 saturated carbocycles. The number of nitrogens with zero attached hydrogens (tertiary/aromatic N) is 3. The highest BCUT2D eigenvalue weighted by Gasteiger charge is 2.60. The van der Waals surface area contributed by atoms with Gasteiger partial charge in [0.1, 0.15) is 5.82 Å². The Morgan fingerprint density at radius 2 is 1.47 bits per heavy atom. The van der Waals surface area contributed by atoms with Crippen molar-refractivity contribution in [3.05, 3.63) is 65.7 Å². The third-order valence-corrected chi connectivity index (χ3v) is 8.21. The first-order valence-corrected chi connectivity index (χ1v) is 10.9. The van der Waals surface area contributed by atoms with E-state index in [4.69, 9.17) is 0 Å². The zero-order valence-corrected chi connectivity index (χ0v) is 16.7. The summed E-state index contributed by atoms with van der Waals surface area (Å²) in [6, 6.07) is 15.5. The number of aromatic nitrogens is 4. The average molecular weight is 404 g/mol. The molecule has 154 valence electrons. The lowest BCUT2D eigenvalue weighted by molar-refractivity contribution is -0.136. The van der Waals surface area contributed by atoms with Gasteiger partial charge in [0.2, 0.25) is 0 Å². The molecule has 0 aliphatic heterocycles. The number of hydrogen-bond acceptors (Lipinski definition) is 4. The van der Waals surface area contributed by atoms with E-state index in [1.54, 1.807) is 0 Å². The van der Waals surface area contributed by atoms with Gasteiger partial charge in [-0.2, -0.15) is 5.21 Å². The Hall–Kier alpha value is -2.60. The van der Waals surface area contributed by atoms with Crippen LogP contribution >= 0.6 is 0 Å². The third-order valence-electron chi connectivity index (χ3n) is 8.21. The number of aliphatic hydroxyl groups is 1. The van der Waals surface area contributed by atoms with Crippen LogP contribution in [-0.4, -0.2) is 31.8 Å². The highest BCUT2D eigenvalue weighted by atomic mass is 19.1. The number of tetrazole rings is 1. The van der Waals surface area contributed by atoms with E-state index in [2.05, 4.69) is 44.9 Å². The molecule has 1 heterocycles. The lowest BCUT2D eigenvalue weighted by Crippen LogP contribution is -2.61. The van der Waals surface area contributed by atoms with E-state index in [-0.39, 0.29) is 17.3 Å². The van der Waals surface area contributed by atoms with Gasteiger partial charge < -0.3 is 5.11 Å². The fourth-order valence-electron chi connectivity index (χ4n) is 6.96. The summed E-state index contributed by atoms with van der Waals surface area (Å²) in [6.45, 7) is 0. The van der Waals surface area contributed by atoms with Gasteiger partial charge >= 0.3 is 0 Å². The number of hydrogen-bond donors (Lipinski definition) is 2. The van der Waals surface area contributed by atoms with Crippen LogP contribution in [0.1, 0.15) is 37.1 Å². The predicted octanol–water partition coefficient (Wildman–Crippen LogP) is 3.91. The van der Waals surface area contributed by atoms with Crippen LogP contribution in [0, 0.1) is 29.5 Å². The maximum atomic E-state index is 13.3. The predicted molar refractivity (Wildman–Crippen MR) is 110 cm³/mol. The maximum absolute atomic E-state index is 13.3. The first kappa shape index (κ1) is 18.2. The Labute approximate surface area is 174 Å². The van der Waals surface area contributed by atoms with Gasteiger partial charge in [0, 0.05) is 11.8 Å². The second kappa shape index (κ2) is 6.71. The Morgan fingerprint density at radius 1 is 0.900 bits per heavy atom. The summed E-state index contributed by atoms with van der Waals surface area (Å²) in [5.41, 5.74) is 3.43. The van der Waals surface area contributed by atoms with Crippen molar-refractivity contribution >= 4 is 0 Å². The number of aromatic amines is 1. The van der Waals surface area contributed by atoms with Crippen molar-refractivity contribution in [2.24, 2.45) is 23.7 Å². The zero-order chi connectivity index (χ0) is 20.3. The Morgan fingerprint density at radius 3 is 2.00 bits per heavy atom. The molecule has 3 aromatic rings. The molecule has 0 saturated heterocycles. The standard InChI is InChI=1S/C24H25FN4O/c25-21-7-3-15(4-8-21)14-1-5-18(6-2-14)24(13-22-26-28-29-27-22)19-9-16-10-20(24)12-17(11-19)23(16)30/h1-8,16-17,19-20,23,30H,9-13H2,(H,26,27,28,29). The van der Waals surface area contributed by atoms with E-state index in [1.165, 1.54) is 17.7 Å². The van der Waals surface area contributed by atoms with Crippen molar-refractivity contribution in [1.82, 2.24) is 20.6 Å². The first-order chi connectivity index (χ1) is 14.6. The van der Waals surface area contributed by atoms with Crippen molar-refractivity contribution < 1.29 is 9.50 Å². The molecule has 1 aromatic heterocycles. The fraction of sp³-hybridized carbons (Fsp3) is 0.458. The lowest BCUT2D eigenvalue weighted by Gasteiger charge is -2.63. The SMILES string of the molecule is OC1C2CC3CC1CC(C2)C3(Cc1nn[nH]n1)c1ccc(-c2ccc(F)cc2)cc1. The Kier molecular flexibility index (Phi) is 4.07. The molecule has 7 rings (SSSR count). The first-order valence-electron chi connectivity index (χ1n) is 10.9. The van der Waals surface area contributed by atoms with Crippen molar-refractivity contribution in [2.45, 2.75) is 43.6 Å². The summed E-state index contributed by atoms with van der Waals surface area (Å²) >= 11 is 0. The van der Waals surface area contributed by atoms with Gasteiger partial charge in [0.25, 0.3) is 0 Å². The largest absolute Gasteiger partial charge is 0.393 e. The van der Waals surface area contributed by atoms with Gasteiger partial charge in [-0.1, -0.05) is 41.6 Å². The molecule has 0 spiro atoms. The van der Waals surface area contributed by atoms with Crippen molar-refractivity contribution in [3.63, 3.8) is 0 Å². The maximum Gasteiger partial charge on any atom is 0.175 e. The molecular formula is C24H25FN4O. The number of H-pyrrole nitrogens is 1. The van der Waals surface area contributed by atoms with Crippen LogP contribution in [-0.2, 0) is 11.8 Å². The summed E-state index contributed by atoms with van der Waals surface area (Å²) in [5.74, 6) is 2.47. The average Bonchev–Trinajstić information content (AvgIpc) is 3.26. The smallest absolute Gasteiger partial charge is 0.175 e. The second-order valence-electron chi connectivity index (χ2n) is 9.48. The van der Waals surface area contributed by atoms with Gasteiger partial charge in [-0.25, -0.2) is 4.39 Å². The quantitative estimate of drug-likeness (QED) is 0.691. The molecule has 0 atom stereocenters. The molecule has 5 nitrogen and oxygen atoms in total. The van der Waals surface area contributed by atoms with E-state index in [9.17, 15) is 9.50 Å². The van der Waals surface area contributed by atoms with Crippen molar-refractivity contribution in [2.75, 3.05) is 0 Å². The van der Waals surface area contributed by atoms with Crippen LogP contribution in [0.4, 0.5) is 4.39 Å². The number of halogens is 1. The molecular weight excluding hydrogens is 379 g/mol. The minimum absolute atomic E-state index is 0.0155. The molecule has 4 bridgehead atoms. The zero-order valence-electron chi connectivity index (χ0n) is 16.7. The molecule has 0 unspecified atom stereocenters. The van der Waals surface area contributed by atoms with Gasteiger partial charge in [-0.05, 0) is 78.2 Å². The highest BCUT2D eigenvalue weighted by molar-refractivity contribution is 5.64. The van der Waals surface area contributed by atoms with E-state index < -0.39 is 0 Å². The molecule has 4 fully saturated rings. The summed E-state index contributed by atoms with van der Waals surface area (Å²) in [7, 11) is 0. The number of aliphatic hydroxyl groups excluding tert-OH is 1. The molecule has 0 radical (unpaired) electrons. The second-order valence-corrected chi connectivity index (χ2v) is 9.48. The molecule has 2 N–H and O–H groups in total. The molecule has 4 aliphatic carbocycles. The third kappa shape index (κ3) is 2.66. The van der Waals surface area contributed by atoms with E-state index in [0.717, 1.165) is 49.1 Å². The highest BCUT2D eigenvalue weighted by Crippen LogP contribution is 2.63. The summed E-state index contributed by atoms with van der Waals surface area (Å²) in [4.78, 5) is 0. The van der Waals surface area contributed by atoms with Crippen molar-refractivity contribution in [1.29, 1.82) is 0 Å². The molecule has 0 amide bonds. The summed E-state index contributed by atoms with van der Waals surface area (Å²) < 4.78 is 13.3. The number of rotatable bonds is 4. The van der Waals surface area contributed by atoms with E-state index in [1.807, 2.05) is 12.1 Å². The van der Waals surface area contributed by atoms with Crippen LogP contribution < -0.4 is 0 Å². The summed E-state index contributed by atoms with van der Waals surface area (Å²) in [5, 5.41) is 25.6. The molecule has 30 heavy (non-hydrogen) atoms. The topological polar surface area (TPSA) is 74.7 Å². The van der Waals surface area contributed by atoms with Gasteiger partial charge in [0.05, 0.1) is 6.10 Å². The van der Waals surface area contributed by atoms with Gasteiger partial charge in [-0.3, -0.25) is 0 Å². The van der Waals surface area contributed by atoms with Crippen LogP contribution in [0.2, 0.25) is 0 Å². The van der Waals surface area contributed by atoms with Gasteiger partial charge in [-0.15, -0.1) is 10.2 Å².